The van der Waals surface area contributed by atoms with Crippen molar-refractivity contribution in [3.63, 3.8) is 0 Å². The molecule has 0 aliphatic carbocycles. The molecule has 0 spiro atoms. The normalized spacial score (nSPS) is 12.2. The van der Waals surface area contributed by atoms with Gasteiger partial charge in [-0.15, -0.1) is 0 Å². The van der Waals surface area contributed by atoms with Gasteiger partial charge in [0, 0.05) is 72.7 Å². The molecular weight excluding hydrogens is 1070 g/mol. The molecule has 17 rings (SSSR count). The lowest BCUT2D eigenvalue weighted by molar-refractivity contribution is 1.14. The van der Waals surface area contributed by atoms with Crippen molar-refractivity contribution in [3.05, 3.63) is 322 Å². The number of anilines is 6. The van der Waals surface area contributed by atoms with Gasteiger partial charge >= 0.3 is 0 Å². The maximum atomic E-state index is 5.69. The molecular formula is C81H53BN6. The van der Waals surface area contributed by atoms with Crippen LogP contribution in [0.3, 0.4) is 0 Å². The van der Waals surface area contributed by atoms with Crippen LogP contribution in [-0.2, 0) is 0 Å². The molecule has 7 heteroatoms. The molecule has 2 aliphatic rings. The van der Waals surface area contributed by atoms with E-state index in [1.165, 1.54) is 49.9 Å². The standard InChI is InChI=1S/C81H53BN6/c1-5-24-54(25-6-1)69-51-61(52-70(83-69)55-26-7-2-8-27-55)59-46-47-75(88-73-40-17-13-36-64(73)65-37-14-18-41-74(65)88)66(50-59)81-84-71(56-28-9-3-10-29-56)53-72(85-81)60-32-21-30-57(48-60)58-31-22-35-63(49-58)87-77-43-20-16-39-68(77)82-67-38-15-19-42-76(67)86(62-33-11-4-12-34-62)78-44-23-45-79(87)80(78)82/h1-53H. The number of nitrogens with zero attached hydrogens (tertiary/aromatic N) is 6. The van der Waals surface area contributed by atoms with Crippen molar-refractivity contribution in [2.75, 3.05) is 9.80 Å². The summed E-state index contributed by atoms with van der Waals surface area (Å²) in [7, 11) is 0. The minimum Gasteiger partial charge on any atom is -0.311 e. The molecule has 0 fully saturated rings. The molecule has 0 N–H and O–H groups in total. The third-order valence-corrected chi connectivity index (χ3v) is 17.6. The molecule has 5 heterocycles. The van der Waals surface area contributed by atoms with Crippen molar-refractivity contribution >= 4 is 79.0 Å². The van der Waals surface area contributed by atoms with Gasteiger partial charge in [0.05, 0.1) is 39.5 Å². The van der Waals surface area contributed by atoms with E-state index in [2.05, 4.69) is 324 Å². The molecule has 3 aromatic heterocycles. The molecule has 15 aromatic rings. The smallest absolute Gasteiger partial charge is 0.252 e. The van der Waals surface area contributed by atoms with Gasteiger partial charge in [-0.2, -0.15) is 0 Å². The van der Waals surface area contributed by atoms with Gasteiger partial charge in [-0.25, -0.2) is 15.0 Å². The lowest BCUT2D eigenvalue weighted by Gasteiger charge is -2.44. The first-order valence-corrected chi connectivity index (χ1v) is 30.0. The summed E-state index contributed by atoms with van der Waals surface area (Å²) in [6.07, 6.45) is 0. The van der Waals surface area contributed by atoms with Crippen molar-refractivity contribution in [2.45, 2.75) is 0 Å². The van der Waals surface area contributed by atoms with Crippen LogP contribution in [0.25, 0.3) is 106 Å². The summed E-state index contributed by atoms with van der Waals surface area (Å²) >= 11 is 0. The number of aromatic nitrogens is 4. The Kier molecular flexibility index (Phi) is 12.2. The van der Waals surface area contributed by atoms with Gasteiger partial charge in [0.25, 0.3) is 6.71 Å². The maximum Gasteiger partial charge on any atom is 0.252 e. The third-order valence-electron chi connectivity index (χ3n) is 17.6. The Labute approximate surface area is 511 Å². The van der Waals surface area contributed by atoms with E-state index in [1.54, 1.807) is 0 Å². The van der Waals surface area contributed by atoms with Crippen LogP contribution in [0.2, 0.25) is 0 Å². The van der Waals surface area contributed by atoms with E-state index in [4.69, 9.17) is 15.0 Å². The van der Waals surface area contributed by atoms with Crippen molar-refractivity contribution in [1.29, 1.82) is 0 Å². The van der Waals surface area contributed by atoms with Crippen molar-refractivity contribution in [1.82, 2.24) is 19.5 Å². The van der Waals surface area contributed by atoms with E-state index < -0.39 is 0 Å². The Hall–Kier alpha value is -11.7. The number of pyridine rings is 1. The number of hydrogen-bond donors (Lipinski definition) is 0. The maximum absolute atomic E-state index is 5.69. The van der Waals surface area contributed by atoms with Crippen LogP contribution in [0.5, 0.6) is 0 Å². The molecule has 2 aliphatic heterocycles. The quantitative estimate of drug-likeness (QED) is 0.128. The molecule has 6 nitrogen and oxygen atoms in total. The van der Waals surface area contributed by atoms with Crippen LogP contribution in [0.1, 0.15) is 0 Å². The van der Waals surface area contributed by atoms with Crippen molar-refractivity contribution in [2.24, 2.45) is 0 Å². The fraction of sp³-hybridized carbons (Fsp3) is 0. The zero-order valence-corrected chi connectivity index (χ0v) is 47.9. The number of rotatable bonds is 10. The highest BCUT2D eigenvalue weighted by molar-refractivity contribution is 7.00. The molecule has 0 unspecified atom stereocenters. The zero-order valence-electron chi connectivity index (χ0n) is 47.9. The lowest BCUT2D eigenvalue weighted by atomic mass is 9.33. The molecule has 0 radical (unpaired) electrons. The van der Waals surface area contributed by atoms with E-state index in [0.29, 0.717) is 5.82 Å². The average Bonchev–Trinajstić information content (AvgIpc) is 1.45. The summed E-state index contributed by atoms with van der Waals surface area (Å²) in [5.74, 6) is 0.616. The summed E-state index contributed by atoms with van der Waals surface area (Å²) in [4.78, 5) is 21.5. The van der Waals surface area contributed by atoms with Crippen molar-refractivity contribution < 1.29 is 0 Å². The molecule has 0 bridgehead atoms. The van der Waals surface area contributed by atoms with Gasteiger partial charge in [-0.05, 0) is 136 Å². The van der Waals surface area contributed by atoms with Crippen LogP contribution in [0, 0.1) is 0 Å². The first-order valence-electron chi connectivity index (χ1n) is 30.0. The van der Waals surface area contributed by atoms with Gasteiger partial charge in [-0.3, -0.25) is 0 Å². The van der Waals surface area contributed by atoms with E-state index >= 15 is 0 Å². The highest BCUT2D eigenvalue weighted by Gasteiger charge is 2.43. The van der Waals surface area contributed by atoms with Crippen LogP contribution >= 0.6 is 0 Å². The number of hydrogen-bond acceptors (Lipinski definition) is 5. The Morgan fingerprint density at radius 1 is 0.250 bits per heavy atom. The van der Waals surface area contributed by atoms with Crippen molar-refractivity contribution in [3.8, 4) is 84.4 Å². The molecule has 88 heavy (non-hydrogen) atoms. The Balaban J connectivity index is 0.829. The molecule has 0 amide bonds. The second-order valence-electron chi connectivity index (χ2n) is 22.7. The monoisotopic (exact) mass is 1120 g/mol. The van der Waals surface area contributed by atoms with Crippen LogP contribution in [0.4, 0.5) is 34.1 Å². The van der Waals surface area contributed by atoms with Gasteiger partial charge in [-0.1, -0.05) is 224 Å². The second-order valence-corrected chi connectivity index (χ2v) is 22.7. The summed E-state index contributed by atoms with van der Waals surface area (Å²) in [6.45, 7) is 0.0596. The van der Waals surface area contributed by atoms with E-state index in [1.807, 2.05) is 12.1 Å². The first kappa shape index (κ1) is 50.8. The fourth-order valence-electron chi connectivity index (χ4n) is 13.6. The largest absolute Gasteiger partial charge is 0.311 e. The fourth-order valence-corrected chi connectivity index (χ4v) is 13.6. The van der Waals surface area contributed by atoms with E-state index in [-0.39, 0.29) is 6.71 Å². The summed E-state index contributed by atoms with van der Waals surface area (Å²) in [5.41, 5.74) is 26.7. The highest BCUT2D eigenvalue weighted by atomic mass is 15.2. The third kappa shape index (κ3) is 8.62. The minimum absolute atomic E-state index is 0.0596. The van der Waals surface area contributed by atoms with E-state index in [9.17, 15) is 0 Å². The van der Waals surface area contributed by atoms with Gasteiger partial charge in [0.2, 0.25) is 0 Å². The first-order chi connectivity index (χ1) is 43.6. The van der Waals surface area contributed by atoms with E-state index in [0.717, 1.165) is 101 Å². The highest BCUT2D eigenvalue weighted by Crippen LogP contribution is 2.46. The van der Waals surface area contributed by atoms with Crippen LogP contribution in [0.15, 0.2) is 322 Å². The average molecular weight is 1120 g/mol. The minimum atomic E-state index is 0.0596. The van der Waals surface area contributed by atoms with Gasteiger partial charge in [0.15, 0.2) is 5.82 Å². The lowest BCUT2D eigenvalue weighted by Crippen LogP contribution is -2.61. The number of benzene rings is 12. The Morgan fingerprint density at radius 2 is 0.670 bits per heavy atom. The zero-order chi connectivity index (χ0) is 58.1. The summed E-state index contributed by atoms with van der Waals surface area (Å²) in [5, 5.41) is 2.36. The molecule has 0 saturated carbocycles. The predicted octanol–water partition coefficient (Wildman–Crippen LogP) is 18.7. The SMILES string of the molecule is c1ccc(-c2cc(-c3ccc(-n4c5ccccc5c5ccccc54)c(-c4nc(-c5ccccc5)cc(-c5cccc(-c6cccc(N7c8ccccc8B8c9ccccc9N(c9ccccc9)c9cccc7c98)c6)c5)n4)c3)cc(-c3ccccc3)n2)cc1. The van der Waals surface area contributed by atoms with Crippen LogP contribution in [-0.4, -0.2) is 26.2 Å². The topological polar surface area (TPSA) is 50.1 Å². The predicted molar refractivity (Wildman–Crippen MR) is 366 cm³/mol. The molecule has 0 saturated heterocycles. The molecule has 410 valence electrons. The molecule has 12 aromatic carbocycles. The number of fused-ring (bicyclic) bond motifs is 7. The Bertz CT molecular complexity index is 5070. The van der Waals surface area contributed by atoms with Gasteiger partial charge in [0.1, 0.15) is 0 Å². The second kappa shape index (κ2) is 21.1. The van der Waals surface area contributed by atoms with Gasteiger partial charge < -0.3 is 14.4 Å². The van der Waals surface area contributed by atoms with Crippen LogP contribution < -0.4 is 26.2 Å². The summed E-state index contributed by atoms with van der Waals surface area (Å²) in [6, 6.07) is 115. The number of para-hydroxylation sites is 5. The molecule has 0 atom stereocenters. The Morgan fingerprint density at radius 3 is 1.27 bits per heavy atom. The summed E-state index contributed by atoms with van der Waals surface area (Å²) < 4.78 is 2.39.